The molecule has 0 fully saturated rings. The molecule has 0 aliphatic carbocycles. The number of allylic oxidation sites excluding steroid dienone is 2. The molecule has 5 heteroatoms. The average Bonchev–Trinajstić information content (AvgIpc) is 2.35. The molecule has 1 aromatic carbocycles. The summed E-state index contributed by atoms with van der Waals surface area (Å²) in [6.45, 7) is 4.81. The number of hydrogen-bond acceptors (Lipinski definition) is 4. The third kappa shape index (κ3) is 4.56. The average molecular weight is 261 g/mol. The number of nitrogens with one attached hydrogen (secondary N) is 1. The number of nitrogens with two attached hydrogens (primary N) is 1. The number of benzene rings is 1. The summed E-state index contributed by atoms with van der Waals surface area (Å²) in [4.78, 5) is 15.6. The van der Waals surface area contributed by atoms with E-state index in [9.17, 15) is 4.79 Å². The lowest BCUT2D eigenvalue weighted by Gasteiger charge is -2.11. The van der Waals surface area contributed by atoms with Crippen LogP contribution in [0.25, 0.3) is 0 Å². The molecule has 102 valence electrons. The topological polar surface area (TPSA) is 87.7 Å². The van der Waals surface area contributed by atoms with Crippen molar-refractivity contribution in [2.24, 2.45) is 10.7 Å². The molecule has 0 spiro atoms. The van der Waals surface area contributed by atoms with Crippen LogP contribution in [0, 0.1) is 6.92 Å². The van der Waals surface area contributed by atoms with Crippen molar-refractivity contribution in [3.05, 3.63) is 41.2 Å². The second-order valence-electron chi connectivity index (χ2n) is 4.30. The Morgan fingerprint density at radius 1 is 1.42 bits per heavy atom. The van der Waals surface area contributed by atoms with Crippen LogP contribution in [0.2, 0.25) is 0 Å². The van der Waals surface area contributed by atoms with Gasteiger partial charge in [0.1, 0.15) is 6.61 Å². The lowest BCUT2D eigenvalue weighted by molar-refractivity contribution is -0.123. The molecule has 0 aliphatic rings. The van der Waals surface area contributed by atoms with Crippen LogP contribution in [0.4, 0.5) is 5.69 Å². The molecule has 0 aliphatic heterocycles. The van der Waals surface area contributed by atoms with Crippen LogP contribution in [0.1, 0.15) is 19.4 Å². The van der Waals surface area contributed by atoms with E-state index in [1.54, 1.807) is 13.8 Å². The van der Waals surface area contributed by atoms with Gasteiger partial charge >= 0.3 is 0 Å². The molecule has 1 aromatic rings. The minimum atomic E-state index is -0.589. The number of aliphatic hydroxyl groups is 1. The summed E-state index contributed by atoms with van der Waals surface area (Å²) in [5.74, 6) is -0.515. The Kier molecular flexibility index (Phi) is 5.26. The van der Waals surface area contributed by atoms with Crippen LogP contribution in [-0.4, -0.2) is 23.3 Å². The highest BCUT2D eigenvalue weighted by Crippen LogP contribution is 2.15. The first-order valence-electron chi connectivity index (χ1n) is 5.93. The summed E-state index contributed by atoms with van der Waals surface area (Å²) in [5, 5.41) is 11.3. The first kappa shape index (κ1) is 14.9. The van der Waals surface area contributed by atoms with Crippen molar-refractivity contribution in [3.8, 4) is 0 Å². The third-order valence-corrected chi connectivity index (χ3v) is 2.46. The molecule has 0 radical (unpaired) electrons. The van der Waals surface area contributed by atoms with Crippen LogP contribution in [-0.2, 0) is 4.79 Å². The Balaban J connectivity index is 3.04. The van der Waals surface area contributed by atoms with Gasteiger partial charge in [-0.3, -0.25) is 9.79 Å². The van der Waals surface area contributed by atoms with Crippen molar-refractivity contribution in [1.82, 2.24) is 5.32 Å². The van der Waals surface area contributed by atoms with Crippen molar-refractivity contribution in [2.75, 3.05) is 6.61 Å². The predicted molar refractivity (Wildman–Crippen MR) is 76.1 cm³/mol. The third-order valence-electron chi connectivity index (χ3n) is 2.46. The zero-order valence-corrected chi connectivity index (χ0v) is 11.4. The zero-order valence-electron chi connectivity index (χ0n) is 11.4. The monoisotopic (exact) mass is 261 g/mol. The van der Waals surface area contributed by atoms with Crippen LogP contribution in [0.3, 0.4) is 0 Å². The van der Waals surface area contributed by atoms with Gasteiger partial charge in [0.05, 0.1) is 17.1 Å². The van der Waals surface area contributed by atoms with E-state index in [0.717, 1.165) is 11.3 Å². The minimum absolute atomic E-state index is 0.431. The van der Waals surface area contributed by atoms with E-state index in [1.807, 2.05) is 31.2 Å². The normalized spacial score (nSPS) is 12.9. The molecular weight excluding hydrogens is 242 g/mol. The fourth-order valence-corrected chi connectivity index (χ4v) is 1.60. The molecule has 1 amide bonds. The van der Waals surface area contributed by atoms with Gasteiger partial charge in [0, 0.05) is 5.70 Å². The molecule has 19 heavy (non-hydrogen) atoms. The Bertz CT molecular complexity index is 529. The van der Waals surface area contributed by atoms with Crippen LogP contribution < -0.4 is 11.1 Å². The highest BCUT2D eigenvalue weighted by molar-refractivity contribution is 6.03. The SMILES string of the molecule is CC(=Nc1cccc(C)c1)C(NC(=O)CO)=C(C)N. The molecule has 0 unspecified atom stereocenters. The molecular formula is C14H19N3O2. The van der Waals surface area contributed by atoms with Gasteiger partial charge in [-0.15, -0.1) is 0 Å². The maximum Gasteiger partial charge on any atom is 0.250 e. The number of aliphatic imine (C=N–C) groups is 1. The van der Waals surface area contributed by atoms with Crippen LogP contribution >= 0.6 is 0 Å². The maximum atomic E-state index is 11.2. The van der Waals surface area contributed by atoms with Gasteiger partial charge in [0.15, 0.2) is 0 Å². The van der Waals surface area contributed by atoms with Gasteiger partial charge < -0.3 is 16.2 Å². The highest BCUT2D eigenvalue weighted by atomic mass is 16.3. The lowest BCUT2D eigenvalue weighted by Crippen LogP contribution is -2.31. The molecule has 0 bridgehead atoms. The second kappa shape index (κ2) is 6.70. The maximum absolute atomic E-state index is 11.2. The first-order chi connectivity index (χ1) is 8.93. The van der Waals surface area contributed by atoms with Crippen molar-refractivity contribution < 1.29 is 9.90 Å². The largest absolute Gasteiger partial charge is 0.401 e. The number of aliphatic hydroxyl groups excluding tert-OH is 1. The predicted octanol–water partition coefficient (Wildman–Crippen LogP) is 1.39. The number of carbonyl (C=O) groups excluding carboxylic acids is 1. The molecule has 1 rings (SSSR count). The molecule has 0 saturated carbocycles. The molecule has 0 atom stereocenters. The van der Waals surface area contributed by atoms with Gasteiger partial charge in [0.25, 0.3) is 0 Å². The van der Waals surface area contributed by atoms with Gasteiger partial charge in [-0.25, -0.2) is 0 Å². The standard InChI is InChI=1S/C14H19N3O2/c1-9-5-4-6-12(7-9)16-11(3)14(10(2)15)17-13(19)8-18/h4-7,18H,8,15H2,1-3H3,(H,17,19). The molecule has 0 aromatic heterocycles. The van der Waals surface area contributed by atoms with E-state index in [4.69, 9.17) is 10.8 Å². The summed E-state index contributed by atoms with van der Waals surface area (Å²) in [5.41, 5.74) is 9.08. The second-order valence-corrected chi connectivity index (χ2v) is 4.30. The van der Waals surface area contributed by atoms with E-state index < -0.39 is 12.5 Å². The molecule has 0 heterocycles. The number of rotatable bonds is 4. The van der Waals surface area contributed by atoms with Crippen LogP contribution in [0.15, 0.2) is 40.7 Å². The smallest absolute Gasteiger partial charge is 0.250 e. The minimum Gasteiger partial charge on any atom is -0.401 e. The molecule has 4 N–H and O–H groups in total. The van der Waals surface area contributed by atoms with Gasteiger partial charge in [-0.05, 0) is 38.5 Å². The van der Waals surface area contributed by atoms with Gasteiger partial charge in [0.2, 0.25) is 5.91 Å². The van der Waals surface area contributed by atoms with E-state index in [-0.39, 0.29) is 0 Å². The highest BCUT2D eigenvalue weighted by Gasteiger charge is 2.09. The molecule has 0 saturated heterocycles. The zero-order chi connectivity index (χ0) is 14.4. The summed E-state index contributed by atoms with van der Waals surface area (Å²) in [7, 11) is 0. The fourth-order valence-electron chi connectivity index (χ4n) is 1.60. The molecule has 5 nitrogen and oxygen atoms in total. The number of amides is 1. The summed E-state index contributed by atoms with van der Waals surface area (Å²) >= 11 is 0. The number of aryl methyl sites for hydroxylation is 1. The van der Waals surface area contributed by atoms with E-state index >= 15 is 0 Å². The Morgan fingerprint density at radius 2 is 2.11 bits per heavy atom. The first-order valence-corrected chi connectivity index (χ1v) is 5.93. The Labute approximate surface area is 112 Å². The number of nitrogens with zero attached hydrogens (tertiary/aromatic N) is 1. The van der Waals surface area contributed by atoms with Crippen molar-refractivity contribution in [2.45, 2.75) is 20.8 Å². The van der Waals surface area contributed by atoms with E-state index in [0.29, 0.717) is 17.1 Å². The lowest BCUT2D eigenvalue weighted by atomic mass is 10.2. The van der Waals surface area contributed by atoms with E-state index in [2.05, 4.69) is 10.3 Å². The van der Waals surface area contributed by atoms with Crippen molar-refractivity contribution in [3.63, 3.8) is 0 Å². The Morgan fingerprint density at radius 3 is 2.63 bits per heavy atom. The van der Waals surface area contributed by atoms with Crippen molar-refractivity contribution >= 4 is 17.3 Å². The summed E-state index contributed by atoms with van der Waals surface area (Å²) < 4.78 is 0. The van der Waals surface area contributed by atoms with E-state index in [1.165, 1.54) is 0 Å². The quantitative estimate of drug-likeness (QED) is 0.716. The summed E-state index contributed by atoms with van der Waals surface area (Å²) in [6, 6.07) is 7.69. The number of carbonyl (C=O) groups is 1. The van der Waals surface area contributed by atoms with Gasteiger partial charge in [-0.2, -0.15) is 0 Å². The van der Waals surface area contributed by atoms with Gasteiger partial charge in [-0.1, -0.05) is 12.1 Å². The summed E-state index contributed by atoms with van der Waals surface area (Å²) in [6.07, 6.45) is 0. The van der Waals surface area contributed by atoms with Crippen LogP contribution in [0.5, 0.6) is 0 Å². The number of hydrogen-bond donors (Lipinski definition) is 3. The van der Waals surface area contributed by atoms with Crippen molar-refractivity contribution in [1.29, 1.82) is 0 Å². The Hall–Kier alpha value is -2.14. The fraction of sp³-hybridized carbons (Fsp3) is 0.286.